The number of ether oxygens (including phenoxy) is 1. The number of hydrogen-bond donors (Lipinski definition) is 7. The predicted octanol–water partition coefficient (Wildman–Crippen LogP) is 8.69. The van der Waals surface area contributed by atoms with Crippen LogP contribution >= 0.6 is 0 Å². The van der Waals surface area contributed by atoms with Crippen LogP contribution in [0.25, 0.3) is 27.6 Å². The first kappa shape index (κ1) is 50.2. The van der Waals surface area contributed by atoms with Gasteiger partial charge < -0.3 is 15.8 Å². The van der Waals surface area contributed by atoms with Crippen LogP contribution in [0, 0.1) is 0 Å². The first-order valence-corrected chi connectivity index (χ1v) is 26.2. The lowest BCUT2D eigenvalue weighted by molar-refractivity contribution is 0.102. The van der Waals surface area contributed by atoms with Crippen LogP contribution in [0.1, 0.15) is 33.2 Å². The van der Waals surface area contributed by atoms with Crippen LogP contribution < -0.4 is 21.2 Å². The molecule has 0 fully saturated rings. The fourth-order valence-electron chi connectivity index (χ4n) is 7.26. The molecule has 0 heterocycles. The molecule has 0 aliphatic heterocycles. The van der Waals surface area contributed by atoms with Gasteiger partial charge in [-0.05, 0) is 110 Å². The maximum Gasteiger partial charge on any atom is 0.296 e. The van der Waals surface area contributed by atoms with Crippen molar-refractivity contribution in [2.75, 3.05) is 23.1 Å². The van der Waals surface area contributed by atoms with E-state index in [1.807, 2.05) is 0 Å². The number of allylic oxidation sites excluding steroid dienone is 1. The number of fused-ring (bicyclic) bond motifs is 3. The Morgan fingerprint density at radius 2 is 1.21 bits per heavy atom. The highest BCUT2D eigenvalue weighted by Gasteiger charge is 2.33. The van der Waals surface area contributed by atoms with Crippen molar-refractivity contribution < 1.29 is 66.2 Å². The van der Waals surface area contributed by atoms with Crippen LogP contribution in [0.5, 0.6) is 5.75 Å². The van der Waals surface area contributed by atoms with Crippen molar-refractivity contribution in [1.82, 2.24) is 0 Å². The molecule has 0 radical (unpaired) electrons. The minimum Gasteiger partial charge on any atom is -0.492 e. The Morgan fingerprint density at radius 3 is 1.85 bits per heavy atom. The predicted molar refractivity (Wildman–Crippen MR) is 263 cm³/mol. The Balaban J connectivity index is 1.21. The SMILES string of the molecule is CCOc1cc(N=Nc2ccc(N=Nc3cccc(S(=O)(=O)O)c3)c3ccc(S(=O)(=O)O)cc23)c2cc(S(=O)(=O)O)ccc2c1N/N=C1/C(=O)c2ccc(NC(=O)c3cccc(N)c3)cc2C=C1S(=O)(=O)O. The smallest absolute Gasteiger partial charge is 0.296 e. The average Bonchev–Trinajstić information content (AvgIpc) is 3.31. The van der Waals surface area contributed by atoms with Crippen molar-refractivity contribution in [2.45, 2.75) is 21.6 Å². The summed E-state index contributed by atoms with van der Waals surface area (Å²) in [6, 6.07) is 25.6. The van der Waals surface area contributed by atoms with Gasteiger partial charge in [-0.15, -0.1) is 15.3 Å². The first-order chi connectivity index (χ1) is 33.9. The van der Waals surface area contributed by atoms with Gasteiger partial charge in [0.25, 0.3) is 46.4 Å². The molecule has 7 aromatic carbocycles. The van der Waals surface area contributed by atoms with E-state index in [-0.39, 0.29) is 84.7 Å². The summed E-state index contributed by atoms with van der Waals surface area (Å²) in [6.45, 7) is 1.56. The number of carbonyl (C=O) groups is 2. The van der Waals surface area contributed by atoms with Crippen molar-refractivity contribution >= 4 is 125 Å². The van der Waals surface area contributed by atoms with Crippen LogP contribution in [0.2, 0.25) is 0 Å². The van der Waals surface area contributed by atoms with Gasteiger partial charge >= 0.3 is 0 Å². The molecule has 0 aromatic heterocycles. The number of nitrogen functional groups attached to an aromatic ring is 1. The normalized spacial score (nSPS) is 14.0. The third-order valence-electron chi connectivity index (χ3n) is 10.5. The second-order valence-corrected chi connectivity index (χ2v) is 21.0. The minimum absolute atomic E-state index is 0.00469. The molecule has 23 nitrogen and oxygen atoms in total. The summed E-state index contributed by atoms with van der Waals surface area (Å²) in [4.78, 5) is 24.3. The molecule has 72 heavy (non-hydrogen) atoms. The summed E-state index contributed by atoms with van der Waals surface area (Å²) >= 11 is 0. The number of benzene rings is 7. The number of amides is 1. The van der Waals surface area contributed by atoms with Crippen molar-refractivity contribution in [3.8, 4) is 5.75 Å². The van der Waals surface area contributed by atoms with Gasteiger partial charge in [-0.1, -0.05) is 24.3 Å². The summed E-state index contributed by atoms with van der Waals surface area (Å²) in [7, 11) is -19.5. The molecule has 0 atom stereocenters. The summed E-state index contributed by atoms with van der Waals surface area (Å²) < 4.78 is 144. The lowest BCUT2D eigenvalue weighted by atomic mass is 9.94. The van der Waals surface area contributed by atoms with Gasteiger partial charge in [-0.3, -0.25) is 33.2 Å². The van der Waals surface area contributed by atoms with Crippen LogP contribution in [0.3, 0.4) is 0 Å². The van der Waals surface area contributed by atoms with Crippen LogP contribution in [0.15, 0.2) is 166 Å². The number of Topliss-reactive ketones (excluding diaryl/α,β-unsaturated/α-hetero) is 1. The fraction of sp³-hybridized carbons (Fsp3) is 0.0444. The molecule has 1 aliphatic carbocycles. The zero-order valence-corrected chi connectivity index (χ0v) is 39.8. The third kappa shape index (κ3) is 10.8. The average molecular weight is 1060 g/mol. The number of nitrogens with zero attached hydrogens (tertiary/aromatic N) is 5. The van der Waals surface area contributed by atoms with E-state index in [0.29, 0.717) is 5.69 Å². The summed E-state index contributed by atoms with van der Waals surface area (Å²) in [5.74, 6) is -1.63. The monoisotopic (exact) mass is 1050 g/mol. The molecule has 8 rings (SSSR count). The summed E-state index contributed by atoms with van der Waals surface area (Å²) in [6.07, 6.45) is 0.968. The number of hydrazone groups is 1. The second kappa shape index (κ2) is 19.2. The van der Waals surface area contributed by atoms with Crippen LogP contribution in [0.4, 0.5) is 39.8 Å². The van der Waals surface area contributed by atoms with Gasteiger partial charge in [0.15, 0.2) is 5.71 Å². The summed E-state index contributed by atoms with van der Waals surface area (Å²) in [5, 5.41) is 23.8. The molecule has 1 amide bonds. The molecule has 27 heteroatoms. The molecule has 7 aromatic rings. The molecule has 8 N–H and O–H groups in total. The van der Waals surface area contributed by atoms with E-state index in [2.05, 4.69) is 36.3 Å². The lowest BCUT2D eigenvalue weighted by Gasteiger charge is -2.19. The number of hydrogen-bond acceptors (Lipinski definition) is 18. The maximum absolute atomic E-state index is 14.0. The number of nitrogens with two attached hydrogens (primary N) is 1. The molecule has 0 unspecified atom stereocenters. The Bertz CT molecular complexity index is 4070. The Labute approximate surface area is 408 Å². The van der Waals surface area contributed by atoms with Crippen molar-refractivity contribution in [1.29, 1.82) is 0 Å². The molecular formula is C45H34N8O15S4. The van der Waals surface area contributed by atoms with E-state index < -0.39 is 77.5 Å². The molecule has 1 aliphatic rings. The zero-order chi connectivity index (χ0) is 51.9. The zero-order valence-electron chi connectivity index (χ0n) is 36.6. The number of anilines is 3. The Morgan fingerprint density at radius 1 is 0.611 bits per heavy atom. The van der Waals surface area contributed by atoms with Gasteiger partial charge in [0.05, 0.1) is 44.0 Å². The van der Waals surface area contributed by atoms with E-state index >= 15 is 0 Å². The largest absolute Gasteiger partial charge is 0.492 e. The fourth-order valence-corrected chi connectivity index (χ4v) is 9.45. The standard InChI is InChI=1S/C45H34N8O15S4/c1-2-68-40-23-39(51-50-38-16-15-37(33-13-10-30(21-35(33)38)70(59,60)61)49-48-28-7-4-8-29(20-28)69(56,57)58)36-22-31(71(62,63)64)11-14-34(36)42(40)52-53-43-41(72(65,66)67)19-25-18-27(9-12-32(25)44(43)54)47-45(55)24-5-3-6-26(46)17-24/h3-23,52H,2,46H2,1H3,(H,47,55)(H,56,57,58)(H,59,60,61)(H,62,63,64)(H,65,66,67)/b49-48?,51-50?,53-43+. The Kier molecular flexibility index (Phi) is 13.4. The highest BCUT2D eigenvalue weighted by Crippen LogP contribution is 2.43. The molecule has 0 spiro atoms. The number of azo groups is 2. The van der Waals surface area contributed by atoms with E-state index in [9.17, 15) is 61.5 Å². The third-order valence-corrected chi connectivity index (χ3v) is 14.0. The quantitative estimate of drug-likeness (QED) is 0.0232. The number of nitrogens with one attached hydrogen (secondary N) is 2. The first-order valence-electron chi connectivity index (χ1n) is 20.4. The van der Waals surface area contributed by atoms with E-state index in [0.717, 1.165) is 42.5 Å². The van der Waals surface area contributed by atoms with Gasteiger partial charge in [0, 0.05) is 50.1 Å². The maximum atomic E-state index is 14.0. The highest BCUT2D eigenvalue weighted by atomic mass is 32.2. The van der Waals surface area contributed by atoms with Gasteiger partial charge in [0.2, 0.25) is 5.78 Å². The van der Waals surface area contributed by atoms with Crippen LogP contribution in [-0.4, -0.2) is 75.9 Å². The highest BCUT2D eigenvalue weighted by molar-refractivity contribution is 7.91. The van der Waals surface area contributed by atoms with Gasteiger partial charge in [-0.2, -0.15) is 43.9 Å². The van der Waals surface area contributed by atoms with E-state index in [1.54, 1.807) is 19.1 Å². The van der Waals surface area contributed by atoms with Crippen molar-refractivity contribution in [2.24, 2.45) is 25.6 Å². The molecular weight excluding hydrogens is 1020 g/mol. The van der Waals surface area contributed by atoms with Crippen molar-refractivity contribution in [3.05, 3.63) is 143 Å². The number of ketones is 1. The molecule has 0 bridgehead atoms. The molecule has 0 saturated heterocycles. The van der Waals surface area contributed by atoms with Gasteiger partial charge in [-0.25, -0.2) is 0 Å². The van der Waals surface area contributed by atoms with E-state index in [1.165, 1.54) is 72.8 Å². The molecule has 0 saturated carbocycles. The van der Waals surface area contributed by atoms with E-state index in [4.69, 9.17) is 10.5 Å². The number of carbonyl (C=O) groups excluding carboxylic acids is 2. The Hall–Kier alpha value is -8.15. The van der Waals surface area contributed by atoms with Gasteiger partial charge in [0.1, 0.15) is 16.3 Å². The second-order valence-electron chi connectivity index (χ2n) is 15.3. The van der Waals surface area contributed by atoms with Crippen LogP contribution in [-0.2, 0) is 40.5 Å². The summed E-state index contributed by atoms with van der Waals surface area (Å²) in [5.41, 5.74) is 8.05. The lowest BCUT2D eigenvalue weighted by Crippen LogP contribution is -2.27. The number of rotatable bonds is 14. The minimum atomic E-state index is -5.19. The van der Waals surface area contributed by atoms with Crippen molar-refractivity contribution in [3.63, 3.8) is 0 Å². The topological polar surface area (TPSA) is 373 Å². The molecule has 368 valence electrons.